The fraction of sp³-hybridized carbons (Fsp3) is 0.214. The highest BCUT2D eigenvalue weighted by atomic mass is 16.6. The highest BCUT2D eigenvalue weighted by molar-refractivity contribution is 6.37. The van der Waals surface area contributed by atoms with Crippen LogP contribution in [0, 0.1) is 10.1 Å². The van der Waals surface area contributed by atoms with Gasteiger partial charge in [0.15, 0.2) is 0 Å². The Morgan fingerprint density at radius 1 is 1.00 bits per heavy atom. The lowest BCUT2D eigenvalue weighted by atomic mass is 9.99. The standard InChI is InChI=1S/C28H27N5O4/c1-19(34)32-15-13-31(14-16-32)18-20-7-9-22(10-8-20)29-27(21-5-3-2-4-6-21)26-24-17-23(33(36)37)11-12-25(24)30-28(26)35/h2-12,17,29H,13-16,18H2,1H3,(H,30,35). The van der Waals surface area contributed by atoms with E-state index in [0.29, 0.717) is 22.5 Å². The molecule has 3 aromatic carbocycles. The fourth-order valence-corrected chi connectivity index (χ4v) is 4.72. The number of hydrogen-bond acceptors (Lipinski definition) is 6. The number of anilines is 2. The number of benzene rings is 3. The highest BCUT2D eigenvalue weighted by Crippen LogP contribution is 2.39. The summed E-state index contributed by atoms with van der Waals surface area (Å²) in [7, 11) is 0. The molecule has 0 radical (unpaired) electrons. The zero-order valence-electron chi connectivity index (χ0n) is 20.4. The first-order valence-corrected chi connectivity index (χ1v) is 12.1. The number of nitrogens with zero attached hydrogens (tertiary/aromatic N) is 3. The van der Waals surface area contributed by atoms with E-state index in [1.807, 2.05) is 59.5 Å². The Labute approximate surface area is 214 Å². The van der Waals surface area contributed by atoms with Gasteiger partial charge in [-0.3, -0.25) is 24.6 Å². The first-order valence-electron chi connectivity index (χ1n) is 12.1. The first-order chi connectivity index (χ1) is 17.9. The van der Waals surface area contributed by atoms with Crippen molar-refractivity contribution < 1.29 is 14.5 Å². The molecule has 0 bridgehead atoms. The molecule has 2 aliphatic heterocycles. The number of nitro benzene ring substituents is 1. The minimum absolute atomic E-state index is 0.0753. The van der Waals surface area contributed by atoms with Gasteiger partial charge in [0, 0.05) is 68.7 Å². The number of nitro groups is 1. The molecular weight excluding hydrogens is 470 g/mol. The van der Waals surface area contributed by atoms with Crippen LogP contribution in [0.4, 0.5) is 17.1 Å². The zero-order chi connectivity index (χ0) is 25.9. The van der Waals surface area contributed by atoms with Crippen LogP contribution in [0.1, 0.15) is 23.6 Å². The molecule has 2 amide bonds. The van der Waals surface area contributed by atoms with Crippen molar-refractivity contribution in [3.63, 3.8) is 0 Å². The molecule has 9 nitrogen and oxygen atoms in total. The van der Waals surface area contributed by atoms with Crippen LogP contribution in [0.5, 0.6) is 0 Å². The molecule has 188 valence electrons. The van der Waals surface area contributed by atoms with Crippen molar-refractivity contribution in [1.82, 2.24) is 9.80 Å². The zero-order valence-corrected chi connectivity index (χ0v) is 20.4. The molecule has 37 heavy (non-hydrogen) atoms. The summed E-state index contributed by atoms with van der Waals surface area (Å²) in [5, 5.41) is 17.6. The van der Waals surface area contributed by atoms with Gasteiger partial charge in [0.2, 0.25) is 5.91 Å². The van der Waals surface area contributed by atoms with E-state index in [9.17, 15) is 19.7 Å². The van der Waals surface area contributed by atoms with Gasteiger partial charge in [-0.05, 0) is 29.3 Å². The smallest absolute Gasteiger partial charge is 0.270 e. The van der Waals surface area contributed by atoms with Crippen LogP contribution in [-0.2, 0) is 16.1 Å². The molecule has 2 aliphatic rings. The maximum absolute atomic E-state index is 13.0. The van der Waals surface area contributed by atoms with Crippen molar-refractivity contribution in [2.45, 2.75) is 13.5 Å². The molecule has 0 saturated carbocycles. The quantitative estimate of drug-likeness (QED) is 0.300. The molecule has 1 saturated heterocycles. The third-order valence-electron chi connectivity index (χ3n) is 6.72. The predicted octanol–water partition coefficient (Wildman–Crippen LogP) is 4.19. The summed E-state index contributed by atoms with van der Waals surface area (Å²) in [5.74, 6) is -0.199. The average molecular weight is 498 g/mol. The Balaban J connectivity index is 1.42. The van der Waals surface area contributed by atoms with E-state index in [4.69, 9.17) is 0 Å². The lowest BCUT2D eigenvalue weighted by molar-refractivity contribution is -0.384. The summed E-state index contributed by atoms with van der Waals surface area (Å²) in [4.78, 5) is 39.7. The van der Waals surface area contributed by atoms with Crippen LogP contribution in [0.3, 0.4) is 0 Å². The van der Waals surface area contributed by atoms with Crippen molar-refractivity contribution >= 4 is 40.1 Å². The molecule has 0 unspecified atom stereocenters. The minimum atomic E-state index is -0.463. The molecular formula is C28H27N5O4. The monoisotopic (exact) mass is 497 g/mol. The SMILES string of the molecule is CC(=O)N1CCN(Cc2ccc(NC(=C3C(=O)Nc4ccc([N+](=O)[O-])cc43)c3ccccc3)cc2)CC1. The lowest BCUT2D eigenvalue weighted by Gasteiger charge is -2.34. The Hall–Kier alpha value is -4.50. The maximum Gasteiger partial charge on any atom is 0.270 e. The molecule has 1 fully saturated rings. The number of fused-ring (bicyclic) bond motifs is 1. The van der Waals surface area contributed by atoms with Gasteiger partial charge in [0.25, 0.3) is 11.6 Å². The Bertz CT molecular complexity index is 1380. The molecule has 0 aromatic heterocycles. The van der Waals surface area contributed by atoms with Gasteiger partial charge in [0.05, 0.1) is 16.2 Å². The van der Waals surface area contributed by atoms with Crippen LogP contribution >= 0.6 is 0 Å². The van der Waals surface area contributed by atoms with E-state index in [-0.39, 0.29) is 17.5 Å². The van der Waals surface area contributed by atoms with E-state index in [1.54, 1.807) is 13.0 Å². The van der Waals surface area contributed by atoms with E-state index in [2.05, 4.69) is 15.5 Å². The number of carbonyl (C=O) groups is 2. The summed E-state index contributed by atoms with van der Waals surface area (Å²) in [6, 6.07) is 21.8. The highest BCUT2D eigenvalue weighted by Gasteiger charge is 2.30. The average Bonchev–Trinajstić information content (AvgIpc) is 3.23. The van der Waals surface area contributed by atoms with Crippen molar-refractivity contribution in [3.8, 4) is 0 Å². The Morgan fingerprint density at radius 3 is 2.35 bits per heavy atom. The number of amides is 2. The van der Waals surface area contributed by atoms with Gasteiger partial charge in [-0.1, -0.05) is 42.5 Å². The summed E-state index contributed by atoms with van der Waals surface area (Å²) < 4.78 is 0. The van der Waals surface area contributed by atoms with E-state index >= 15 is 0 Å². The fourth-order valence-electron chi connectivity index (χ4n) is 4.72. The summed E-state index contributed by atoms with van der Waals surface area (Å²) >= 11 is 0. The third-order valence-corrected chi connectivity index (χ3v) is 6.72. The van der Waals surface area contributed by atoms with Gasteiger partial charge in [-0.25, -0.2) is 0 Å². The molecule has 2 heterocycles. The maximum atomic E-state index is 13.0. The van der Waals surface area contributed by atoms with Crippen molar-refractivity contribution in [3.05, 3.63) is 99.6 Å². The number of piperazine rings is 1. The topological polar surface area (TPSA) is 108 Å². The molecule has 2 N–H and O–H groups in total. The van der Waals surface area contributed by atoms with Gasteiger partial charge >= 0.3 is 0 Å². The third kappa shape index (κ3) is 5.22. The largest absolute Gasteiger partial charge is 0.354 e. The van der Waals surface area contributed by atoms with Gasteiger partial charge in [0.1, 0.15) is 0 Å². The normalized spacial score (nSPS) is 16.7. The molecule has 9 heteroatoms. The van der Waals surface area contributed by atoms with Gasteiger partial charge in [-0.2, -0.15) is 0 Å². The number of rotatable bonds is 6. The lowest BCUT2D eigenvalue weighted by Crippen LogP contribution is -2.47. The van der Waals surface area contributed by atoms with Crippen LogP contribution in [-0.4, -0.2) is 52.7 Å². The van der Waals surface area contributed by atoms with Crippen molar-refractivity contribution in [2.24, 2.45) is 0 Å². The summed E-state index contributed by atoms with van der Waals surface area (Å²) in [5.41, 5.74) is 4.63. The number of carbonyl (C=O) groups excluding carboxylic acids is 2. The number of non-ortho nitro benzene ring substituents is 1. The molecule has 3 aromatic rings. The minimum Gasteiger partial charge on any atom is -0.354 e. The van der Waals surface area contributed by atoms with Crippen LogP contribution < -0.4 is 10.6 Å². The van der Waals surface area contributed by atoms with Gasteiger partial charge in [-0.15, -0.1) is 0 Å². The summed E-state index contributed by atoms with van der Waals surface area (Å²) in [6.45, 7) is 5.55. The van der Waals surface area contributed by atoms with E-state index in [1.165, 1.54) is 12.1 Å². The molecule has 0 spiro atoms. The summed E-state index contributed by atoms with van der Waals surface area (Å²) in [6.07, 6.45) is 0. The van der Waals surface area contributed by atoms with Gasteiger partial charge < -0.3 is 15.5 Å². The second kappa shape index (κ2) is 10.2. The van der Waals surface area contributed by atoms with Crippen LogP contribution in [0.15, 0.2) is 72.8 Å². The Kier molecular flexibility index (Phi) is 6.70. The predicted molar refractivity (Wildman–Crippen MR) is 143 cm³/mol. The number of nitrogens with one attached hydrogen (secondary N) is 2. The van der Waals surface area contributed by atoms with Crippen molar-refractivity contribution in [1.29, 1.82) is 0 Å². The van der Waals surface area contributed by atoms with Crippen molar-refractivity contribution in [2.75, 3.05) is 36.8 Å². The first kappa shape index (κ1) is 24.2. The second-order valence-corrected chi connectivity index (χ2v) is 9.16. The molecule has 5 rings (SSSR count). The molecule has 0 atom stereocenters. The Morgan fingerprint density at radius 2 is 1.70 bits per heavy atom. The van der Waals surface area contributed by atoms with E-state index in [0.717, 1.165) is 49.5 Å². The van der Waals surface area contributed by atoms with E-state index < -0.39 is 4.92 Å². The van der Waals surface area contributed by atoms with Crippen LogP contribution in [0.2, 0.25) is 0 Å². The van der Waals surface area contributed by atoms with Crippen LogP contribution in [0.25, 0.3) is 11.3 Å². The molecule has 0 aliphatic carbocycles. The number of hydrogen-bond donors (Lipinski definition) is 2. The second-order valence-electron chi connectivity index (χ2n) is 9.16.